The molecule has 2 aliphatic rings. The minimum Gasteiger partial charge on any atom is -0.497 e. The molecule has 2 aromatic rings. The first-order valence-electron chi connectivity index (χ1n) is 10.2. The molecular formula is C22H24ClN5O4. The van der Waals surface area contributed by atoms with E-state index in [4.69, 9.17) is 16.3 Å². The Bertz CT molecular complexity index is 1050. The number of hydrogen-bond donors (Lipinski definition) is 5. The predicted octanol–water partition coefficient (Wildman–Crippen LogP) is 1.79. The van der Waals surface area contributed by atoms with Crippen LogP contribution in [0.1, 0.15) is 12.0 Å². The number of carbonyl (C=O) groups is 3. The van der Waals surface area contributed by atoms with Crippen molar-refractivity contribution in [2.45, 2.75) is 25.8 Å². The lowest BCUT2D eigenvalue weighted by atomic mass is 9.81. The molecule has 168 valence electrons. The van der Waals surface area contributed by atoms with Crippen molar-refractivity contribution in [3.05, 3.63) is 53.1 Å². The van der Waals surface area contributed by atoms with Crippen molar-refractivity contribution in [3.63, 3.8) is 0 Å². The molecule has 0 bridgehead atoms. The van der Waals surface area contributed by atoms with Gasteiger partial charge < -0.3 is 26.0 Å². The van der Waals surface area contributed by atoms with Crippen molar-refractivity contribution in [2.24, 2.45) is 11.8 Å². The molecule has 0 aliphatic carbocycles. The van der Waals surface area contributed by atoms with E-state index in [1.165, 1.54) is 0 Å². The Morgan fingerprint density at radius 3 is 2.50 bits per heavy atom. The second kappa shape index (κ2) is 9.05. The molecule has 0 aromatic heterocycles. The van der Waals surface area contributed by atoms with Crippen molar-refractivity contribution in [3.8, 4) is 5.75 Å². The van der Waals surface area contributed by atoms with Gasteiger partial charge in [0.15, 0.2) is 6.29 Å². The smallest absolute Gasteiger partial charge is 0.229 e. The fourth-order valence-corrected chi connectivity index (χ4v) is 4.09. The molecule has 2 fully saturated rings. The number of fused-ring (bicyclic) bond motifs is 1. The van der Waals surface area contributed by atoms with Gasteiger partial charge >= 0.3 is 0 Å². The van der Waals surface area contributed by atoms with Gasteiger partial charge in [-0.25, -0.2) is 0 Å². The molecule has 10 heteroatoms. The van der Waals surface area contributed by atoms with Crippen LogP contribution in [0.25, 0.3) is 0 Å². The average molecular weight is 458 g/mol. The summed E-state index contributed by atoms with van der Waals surface area (Å²) in [7, 11) is 1.58. The standard InChI is InChI=1S/C22H24ClN5O4/c1-11-3-4-13(9-16(11)23)24-20(30)15-10-17(29)26-19-18(15)21(31)28-22(27-19)25-12-5-7-14(32-2)8-6-12/h3-9,15,18-19,22,25,27H,10H2,1-2H3,(H,24,30)(H,26,29)(H,28,31). The lowest BCUT2D eigenvalue weighted by Gasteiger charge is -2.43. The van der Waals surface area contributed by atoms with Crippen molar-refractivity contribution in [1.82, 2.24) is 16.0 Å². The summed E-state index contributed by atoms with van der Waals surface area (Å²) in [4.78, 5) is 38.2. The summed E-state index contributed by atoms with van der Waals surface area (Å²) in [5, 5.41) is 15.2. The van der Waals surface area contributed by atoms with Crippen LogP contribution in [0.15, 0.2) is 42.5 Å². The fourth-order valence-electron chi connectivity index (χ4n) is 3.91. The summed E-state index contributed by atoms with van der Waals surface area (Å²) in [6.07, 6.45) is -1.41. The zero-order valence-corrected chi connectivity index (χ0v) is 18.3. The normalized spacial score (nSPS) is 24.6. The van der Waals surface area contributed by atoms with E-state index < -0.39 is 30.2 Å². The highest BCUT2D eigenvalue weighted by Crippen LogP contribution is 2.29. The molecule has 3 amide bonds. The molecule has 4 rings (SSSR count). The highest BCUT2D eigenvalue weighted by molar-refractivity contribution is 6.31. The van der Waals surface area contributed by atoms with Gasteiger partial charge in [0.05, 0.1) is 25.1 Å². The van der Waals surface area contributed by atoms with Crippen molar-refractivity contribution < 1.29 is 19.1 Å². The van der Waals surface area contributed by atoms with Crippen LogP contribution < -0.4 is 31.3 Å². The Balaban J connectivity index is 1.46. The summed E-state index contributed by atoms with van der Waals surface area (Å²) in [6, 6.07) is 12.4. The van der Waals surface area contributed by atoms with Crippen LogP contribution in [0, 0.1) is 18.8 Å². The molecule has 32 heavy (non-hydrogen) atoms. The van der Waals surface area contributed by atoms with Crippen molar-refractivity contribution in [1.29, 1.82) is 0 Å². The van der Waals surface area contributed by atoms with Gasteiger partial charge in [0.2, 0.25) is 17.7 Å². The second-order valence-corrected chi connectivity index (χ2v) is 8.22. The third-order valence-corrected chi connectivity index (χ3v) is 6.03. The van der Waals surface area contributed by atoms with E-state index >= 15 is 0 Å². The number of benzene rings is 2. The number of halogens is 1. The molecule has 5 N–H and O–H groups in total. The topological polar surface area (TPSA) is 121 Å². The fraction of sp³-hybridized carbons (Fsp3) is 0.318. The highest BCUT2D eigenvalue weighted by Gasteiger charge is 2.48. The van der Waals surface area contributed by atoms with Gasteiger partial charge in [0.1, 0.15) is 5.75 Å². The summed E-state index contributed by atoms with van der Waals surface area (Å²) >= 11 is 6.14. The summed E-state index contributed by atoms with van der Waals surface area (Å²) < 4.78 is 5.14. The predicted molar refractivity (Wildman–Crippen MR) is 120 cm³/mol. The number of amides is 3. The third-order valence-electron chi connectivity index (χ3n) is 5.63. The maximum atomic E-state index is 13.0. The Morgan fingerprint density at radius 2 is 1.81 bits per heavy atom. The van der Waals surface area contributed by atoms with Crippen LogP contribution in [-0.4, -0.2) is 37.3 Å². The number of aryl methyl sites for hydroxylation is 1. The SMILES string of the molecule is COc1ccc(NC2NC(=O)C3C(NC(=O)CC3C(=O)Nc3ccc(C)c(Cl)c3)N2)cc1. The maximum absolute atomic E-state index is 13.0. The maximum Gasteiger partial charge on any atom is 0.229 e. The Hall–Kier alpha value is -3.30. The van der Waals surface area contributed by atoms with Gasteiger partial charge in [-0.3, -0.25) is 19.7 Å². The van der Waals surface area contributed by atoms with E-state index in [0.717, 1.165) is 11.3 Å². The number of methoxy groups -OCH3 is 1. The largest absolute Gasteiger partial charge is 0.497 e. The van der Waals surface area contributed by atoms with Gasteiger partial charge in [-0.15, -0.1) is 0 Å². The molecule has 4 atom stereocenters. The number of nitrogens with one attached hydrogen (secondary N) is 5. The van der Waals surface area contributed by atoms with Crippen LogP contribution >= 0.6 is 11.6 Å². The van der Waals surface area contributed by atoms with E-state index in [1.807, 2.05) is 6.92 Å². The molecule has 0 radical (unpaired) electrons. The molecule has 2 aromatic carbocycles. The molecule has 0 spiro atoms. The first-order valence-corrected chi connectivity index (χ1v) is 10.6. The van der Waals surface area contributed by atoms with Gasteiger partial charge in [-0.2, -0.15) is 0 Å². The third kappa shape index (κ3) is 4.63. The summed E-state index contributed by atoms with van der Waals surface area (Å²) in [5.41, 5.74) is 2.14. The number of hydrogen-bond acceptors (Lipinski definition) is 6. The zero-order valence-electron chi connectivity index (χ0n) is 17.6. The molecule has 0 saturated carbocycles. The minimum absolute atomic E-state index is 0.0851. The summed E-state index contributed by atoms with van der Waals surface area (Å²) in [6.45, 7) is 1.86. The Kier molecular flexibility index (Phi) is 6.20. The number of rotatable bonds is 5. The van der Waals surface area contributed by atoms with Crippen LogP contribution in [0.5, 0.6) is 5.75 Å². The van der Waals surface area contributed by atoms with Crippen LogP contribution in [-0.2, 0) is 14.4 Å². The number of anilines is 2. The van der Waals surface area contributed by atoms with Crippen LogP contribution in [0.4, 0.5) is 11.4 Å². The molecule has 4 unspecified atom stereocenters. The van der Waals surface area contributed by atoms with Gasteiger partial charge in [-0.05, 0) is 48.9 Å². The quantitative estimate of drug-likeness (QED) is 0.467. The molecule has 2 heterocycles. The molecule has 2 saturated heterocycles. The van der Waals surface area contributed by atoms with E-state index in [1.54, 1.807) is 49.6 Å². The van der Waals surface area contributed by atoms with Gasteiger partial charge in [0, 0.05) is 22.8 Å². The Labute approximate surface area is 190 Å². The van der Waals surface area contributed by atoms with E-state index in [-0.39, 0.29) is 18.2 Å². The molecular weight excluding hydrogens is 434 g/mol. The van der Waals surface area contributed by atoms with Crippen LogP contribution in [0.3, 0.4) is 0 Å². The van der Waals surface area contributed by atoms with Crippen molar-refractivity contribution >= 4 is 40.7 Å². The number of piperidine rings is 1. The lowest BCUT2D eigenvalue weighted by Crippen LogP contribution is -2.72. The molecule has 2 aliphatic heterocycles. The van der Waals surface area contributed by atoms with Crippen molar-refractivity contribution in [2.75, 3.05) is 17.7 Å². The van der Waals surface area contributed by atoms with E-state index in [2.05, 4.69) is 26.6 Å². The molecule has 9 nitrogen and oxygen atoms in total. The average Bonchev–Trinajstić information content (AvgIpc) is 2.76. The first-order chi connectivity index (χ1) is 15.3. The number of carbonyl (C=O) groups excluding carboxylic acids is 3. The zero-order chi connectivity index (χ0) is 22.8. The minimum atomic E-state index is -0.830. The summed E-state index contributed by atoms with van der Waals surface area (Å²) in [5.74, 6) is -1.93. The second-order valence-electron chi connectivity index (χ2n) is 7.82. The van der Waals surface area contributed by atoms with Gasteiger partial charge in [0.25, 0.3) is 0 Å². The monoisotopic (exact) mass is 457 g/mol. The van der Waals surface area contributed by atoms with Crippen LogP contribution in [0.2, 0.25) is 5.02 Å². The van der Waals surface area contributed by atoms with E-state index in [0.29, 0.717) is 16.5 Å². The lowest BCUT2D eigenvalue weighted by molar-refractivity contribution is -0.144. The highest BCUT2D eigenvalue weighted by atomic mass is 35.5. The Morgan fingerprint density at radius 1 is 1.09 bits per heavy atom. The van der Waals surface area contributed by atoms with Gasteiger partial charge in [-0.1, -0.05) is 17.7 Å². The van der Waals surface area contributed by atoms with E-state index in [9.17, 15) is 14.4 Å². The number of ether oxygens (including phenoxy) is 1. The first kappa shape index (κ1) is 21.9.